The van der Waals surface area contributed by atoms with Gasteiger partial charge in [-0.3, -0.25) is 0 Å². The van der Waals surface area contributed by atoms with Crippen LogP contribution in [0.2, 0.25) is 0 Å². The predicted octanol–water partition coefficient (Wildman–Crippen LogP) is 1.53. The van der Waals surface area contributed by atoms with Gasteiger partial charge in [-0.2, -0.15) is 0 Å². The Labute approximate surface area is 101 Å². The van der Waals surface area contributed by atoms with Gasteiger partial charge in [-0.15, -0.1) is 0 Å². The van der Waals surface area contributed by atoms with Gasteiger partial charge >= 0.3 is 0 Å². The Morgan fingerprint density at radius 2 is 1.69 bits per heavy atom. The van der Waals surface area contributed by atoms with Crippen LogP contribution in [0.15, 0.2) is 0 Å². The molecule has 0 amide bonds. The molecule has 1 fully saturated rings. The monoisotopic (exact) mass is 227 g/mol. The lowest BCUT2D eigenvalue weighted by atomic mass is 9.98. The molecule has 0 saturated heterocycles. The summed E-state index contributed by atoms with van der Waals surface area (Å²) in [7, 11) is 4.27. The van der Waals surface area contributed by atoms with E-state index >= 15 is 0 Å². The third kappa shape index (κ3) is 4.81. The summed E-state index contributed by atoms with van der Waals surface area (Å²) in [6, 6.07) is 0. The van der Waals surface area contributed by atoms with Crippen LogP contribution in [0.25, 0.3) is 0 Å². The van der Waals surface area contributed by atoms with Crippen molar-refractivity contribution < 1.29 is 0 Å². The summed E-state index contributed by atoms with van der Waals surface area (Å²) >= 11 is 0. The molecule has 0 aromatic carbocycles. The highest BCUT2D eigenvalue weighted by Crippen LogP contribution is 2.27. The largest absolute Gasteiger partial charge is 0.324 e. The topological polar surface area (TPSA) is 32.5 Å². The first-order valence-corrected chi connectivity index (χ1v) is 6.72. The van der Waals surface area contributed by atoms with E-state index in [1.807, 2.05) is 0 Å². The summed E-state index contributed by atoms with van der Waals surface area (Å²) in [5.74, 6) is 0. The Morgan fingerprint density at radius 1 is 1.06 bits per heavy atom. The highest BCUT2D eigenvalue weighted by molar-refractivity contribution is 4.92. The first-order chi connectivity index (χ1) is 7.56. The molecule has 3 heteroatoms. The maximum atomic E-state index is 6.44. The second-order valence-corrected chi connectivity index (χ2v) is 5.65. The Bertz CT molecular complexity index is 186. The van der Waals surface area contributed by atoms with Crippen molar-refractivity contribution in [1.82, 2.24) is 9.80 Å². The van der Waals surface area contributed by atoms with Gasteiger partial charge in [0, 0.05) is 25.2 Å². The minimum absolute atomic E-state index is 0.113. The highest BCUT2D eigenvalue weighted by Gasteiger charge is 2.30. The highest BCUT2D eigenvalue weighted by atomic mass is 15.2. The first kappa shape index (κ1) is 13.9. The minimum atomic E-state index is 0.113. The average molecular weight is 227 g/mol. The van der Waals surface area contributed by atoms with Gasteiger partial charge in [0.25, 0.3) is 0 Å². The molecule has 16 heavy (non-hydrogen) atoms. The van der Waals surface area contributed by atoms with Gasteiger partial charge in [-0.25, -0.2) is 0 Å². The molecular formula is C13H29N3. The summed E-state index contributed by atoms with van der Waals surface area (Å²) in [6.45, 7) is 6.82. The second kappa shape index (κ2) is 6.58. The van der Waals surface area contributed by atoms with Gasteiger partial charge in [0.2, 0.25) is 0 Å². The smallest absolute Gasteiger partial charge is 0.0283 e. The van der Waals surface area contributed by atoms with Crippen molar-refractivity contribution in [3.05, 3.63) is 0 Å². The van der Waals surface area contributed by atoms with E-state index in [9.17, 15) is 0 Å². The molecule has 0 radical (unpaired) electrons. The standard InChI is InChI=1S/C13H29N3/c1-4-9-16(11-10-15(2)3)12-13(14)7-5-6-8-13/h4-12,14H2,1-3H3. The summed E-state index contributed by atoms with van der Waals surface area (Å²) in [4.78, 5) is 4.80. The third-order valence-electron chi connectivity index (χ3n) is 3.54. The van der Waals surface area contributed by atoms with E-state index < -0.39 is 0 Å². The average Bonchev–Trinajstić information content (AvgIpc) is 2.62. The van der Waals surface area contributed by atoms with Crippen LogP contribution in [0.4, 0.5) is 0 Å². The summed E-state index contributed by atoms with van der Waals surface area (Å²) in [6.07, 6.45) is 6.31. The van der Waals surface area contributed by atoms with Gasteiger partial charge in [0.15, 0.2) is 0 Å². The van der Waals surface area contributed by atoms with Crippen LogP contribution in [0, 0.1) is 0 Å². The first-order valence-electron chi connectivity index (χ1n) is 6.72. The zero-order chi connectivity index (χ0) is 12.0. The van der Waals surface area contributed by atoms with Crippen molar-refractivity contribution in [3.63, 3.8) is 0 Å². The van der Waals surface area contributed by atoms with E-state index in [4.69, 9.17) is 5.73 Å². The fraction of sp³-hybridized carbons (Fsp3) is 1.00. The lowest BCUT2D eigenvalue weighted by Crippen LogP contribution is -2.49. The predicted molar refractivity (Wildman–Crippen MR) is 70.7 cm³/mol. The molecule has 1 saturated carbocycles. The van der Waals surface area contributed by atoms with Crippen molar-refractivity contribution in [1.29, 1.82) is 0 Å². The quantitative estimate of drug-likeness (QED) is 0.716. The molecule has 2 N–H and O–H groups in total. The molecule has 0 aromatic rings. The molecule has 96 valence electrons. The summed E-state index contributed by atoms with van der Waals surface area (Å²) in [5, 5.41) is 0. The van der Waals surface area contributed by atoms with Gasteiger partial charge in [0.05, 0.1) is 0 Å². The number of nitrogens with two attached hydrogens (primary N) is 1. The number of likely N-dealkylation sites (N-methyl/N-ethyl adjacent to an activating group) is 1. The Morgan fingerprint density at radius 3 is 2.19 bits per heavy atom. The van der Waals surface area contributed by atoms with E-state index in [0.717, 1.165) is 19.6 Å². The molecule has 0 heterocycles. The molecule has 0 bridgehead atoms. The maximum Gasteiger partial charge on any atom is 0.0283 e. The second-order valence-electron chi connectivity index (χ2n) is 5.65. The molecule has 1 aliphatic rings. The van der Waals surface area contributed by atoms with E-state index in [-0.39, 0.29) is 5.54 Å². The van der Waals surface area contributed by atoms with Crippen molar-refractivity contribution in [3.8, 4) is 0 Å². The molecule has 0 aliphatic heterocycles. The van der Waals surface area contributed by atoms with Crippen LogP contribution in [0.3, 0.4) is 0 Å². The van der Waals surface area contributed by atoms with Crippen molar-refractivity contribution >= 4 is 0 Å². The van der Waals surface area contributed by atoms with Crippen molar-refractivity contribution in [2.24, 2.45) is 5.73 Å². The lowest BCUT2D eigenvalue weighted by molar-refractivity contribution is 0.192. The van der Waals surface area contributed by atoms with E-state index in [2.05, 4.69) is 30.8 Å². The SMILES string of the molecule is CCCN(CCN(C)C)CC1(N)CCCC1. The summed E-state index contributed by atoms with van der Waals surface area (Å²) in [5.41, 5.74) is 6.55. The molecule has 0 aromatic heterocycles. The maximum absolute atomic E-state index is 6.44. The van der Waals surface area contributed by atoms with Crippen LogP contribution < -0.4 is 5.73 Å². The Balaban J connectivity index is 2.37. The van der Waals surface area contributed by atoms with Crippen LogP contribution in [0.5, 0.6) is 0 Å². The minimum Gasteiger partial charge on any atom is -0.324 e. The fourth-order valence-corrected chi connectivity index (χ4v) is 2.61. The van der Waals surface area contributed by atoms with E-state index in [0.29, 0.717) is 0 Å². The van der Waals surface area contributed by atoms with Crippen LogP contribution in [-0.4, -0.2) is 55.6 Å². The van der Waals surface area contributed by atoms with Crippen LogP contribution in [0.1, 0.15) is 39.0 Å². The van der Waals surface area contributed by atoms with Crippen LogP contribution in [-0.2, 0) is 0 Å². The van der Waals surface area contributed by atoms with Crippen LogP contribution >= 0.6 is 0 Å². The van der Waals surface area contributed by atoms with Gasteiger partial charge in [-0.1, -0.05) is 19.8 Å². The normalized spacial score (nSPS) is 19.9. The molecule has 0 atom stereocenters. The molecule has 1 aliphatic carbocycles. The van der Waals surface area contributed by atoms with Gasteiger partial charge in [0.1, 0.15) is 0 Å². The summed E-state index contributed by atoms with van der Waals surface area (Å²) < 4.78 is 0. The fourth-order valence-electron chi connectivity index (χ4n) is 2.61. The molecule has 1 rings (SSSR count). The number of nitrogens with zero attached hydrogens (tertiary/aromatic N) is 2. The Hall–Kier alpha value is -0.120. The third-order valence-corrected chi connectivity index (χ3v) is 3.54. The van der Waals surface area contributed by atoms with E-state index in [1.54, 1.807) is 0 Å². The Kier molecular flexibility index (Phi) is 5.73. The van der Waals surface area contributed by atoms with E-state index in [1.165, 1.54) is 38.6 Å². The zero-order valence-corrected chi connectivity index (χ0v) is 11.3. The number of hydrogen-bond donors (Lipinski definition) is 1. The number of hydrogen-bond acceptors (Lipinski definition) is 3. The van der Waals surface area contributed by atoms with Crippen molar-refractivity contribution in [2.75, 3.05) is 40.3 Å². The van der Waals surface area contributed by atoms with Gasteiger partial charge in [-0.05, 0) is 39.9 Å². The zero-order valence-electron chi connectivity index (χ0n) is 11.3. The molecular weight excluding hydrogens is 198 g/mol. The van der Waals surface area contributed by atoms with Gasteiger partial charge < -0.3 is 15.5 Å². The molecule has 3 nitrogen and oxygen atoms in total. The van der Waals surface area contributed by atoms with Crippen molar-refractivity contribution in [2.45, 2.75) is 44.6 Å². The molecule has 0 unspecified atom stereocenters. The lowest BCUT2D eigenvalue weighted by Gasteiger charge is -2.32. The molecule has 0 spiro atoms. The number of rotatable bonds is 7.